The lowest BCUT2D eigenvalue weighted by Gasteiger charge is -2.21. The maximum absolute atomic E-state index is 11.9. The summed E-state index contributed by atoms with van der Waals surface area (Å²) in [4.78, 5) is 23.4. The Bertz CT molecular complexity index is 505. The van der Waals surface area contributed by atoms with E-state index in [4.69, 9.17) is 9.47 Å². The fourth-order valence-electron chi connectivity index (χ4n) is 2.10. The van der Waals surface area contributed by atoms with Gasteiger partial charge >= 0.3 is 11.9 Å². The first-order valence-electron chi connectivity index (χ1n) is 6.30. The fraction of sp³-hybridized carbons (Fsp3) is 0.467. The first-order chi connectivity index (χ1) is 8.88. The first-order valence-corrected chi connectivity index (χ1v) is 6.30. The van der Waals surface area contributed by atoms with Crippen LogP contribution in [-0.2, 0) is 25.5 Å². The third-order valence-electron chi connectivity index (χ3n) is 3.19. The number of esters is 2. The molecule has 1 heterocycles. The third-order valence-corrected chi connectivity index (χ3v) is 3.19. The van der Waals surface area contributed by atoms with Crippen molar-refractivity contribution in [3.63, 3.8) is 0 Å². The minimum atomic E-state index is -0.801. The van der Waals surface area contributed by atoms with E-state index in [0.29, 0.717) is 0 Å². The third kappa shape index (κ3) is 3.13. The van der Waals surface area contributed by atoms with Crippen molar-refractivity contribution < 1.29 is 19.1 Å². The van der Waals surface area contributed by atoms with E-state index in [9.17, 15) is 9.59 Å². The molecule has 1 aromatic rings. The number of cyclic esters (lactones) is 1. The number of benzene rings is 1. The van der Waals surface area contributed by atoms with E-state index in [0.717, 1.165) is 11.1 Å². The zero-order valence-corrected chi connectivity index (χ0v) is 11.4. The summed E-state index contributed by atoms with van der Waals surface area (Å²) >= 11 is 0. The molecule has 0 N–H and O–H groups in total. The summed E-state index contributed by atoms with van der Waals surface area (Å²) in [5.74, 6) is -0.856. The van der Waals surface area contributed by atoms with Crippen LogP contribution in [0.4, 0.5) is 0 Å². The van der Waals surface area contributed by atoms with Gasteiger partial charge < -0.3 is 9.47 Å². The van der Waals surface area contributed by atoms with Crippen LogP contribution in [0.15, 0.2) is 24.3 Å². The summed E-state index contributed by atoms with van der Waals surface area (Å²) in [5, 5.41) is 0. The minimum absolute atomic E-state index is 0.168. The molecule has 0 saturated carbocycles. The Morgan fingerprint density at radius 3 is 2.79 bits per heavy atom. The van der Waals surface area contributed by atoms with Gasteiger partial charge in [-0.15, -0.1) is 0 Å². The van der Waals surface area contributed by atoms with Crippen molar-refractivity contribution in [3.05, 3.63) is 35.4 Å². The predicted octanol–water partition coefficient (Wildman–Crippen LogP) is 2.03. The highest BCUT2D eigenvalue weighted by molar-refractivity contribution is 5.82. The Labute approximate surface area is 112 Å². The topological polar surface area (TPSA) is 52.6 Å². The molecule has 1 aromatic carbocycles. The number of hydrogen-bond donors (Lipinski definition) is 0. The second-order valence-corrected chi connectivity index (χ2v) is 5.63. The first kappa shape index (κ1) is 13.6. The van der Waals surface area contributed by atoms with Crippen molar-refractivity contribution >= 4 is 11.9 Å². The van der Waals surface area contributed by atoms with Crippen LogP contribution in [0.1, 0.15) is 25.0 Å². The van der Waals surface area contributed by atoms with Gasteiger partial charge in [-0.2, -0.15) is 0 Å². The van der Waals surface area contributed by atoms with Crippen LogP contribution in [0, 0.1) is 12.3 Å². The van der Waals surface area contributed by atoms with Crippen molar-refractivity contribution in [2.24, 2.45) is 5.41 Å². The van der Waals surface area contributed by atoms with Gasteiger partial charge in [0, 0.05) is 5.41 Å². The molecule has 1 atom stereocenters. The SMILES string of the molecule is Cc1cccc(CC(=O)O[C@H]2C(=O)OCC2(C)C)c1. The molecule has 102 valence electrons. The monoisotopic (exact) mass is 262 g/mol. The van der Waals surface area contributed by atoms with Crippen LogP contribution in [0.3, 0.4) is 0 Å². The van der Waals surface area contributed by atoms with Crippen LogP contribution >= 0.6 is 0 Å². The van der Waals surface area contributed by atoms with Gasteiger partial charge in [-0.05, 0) is 12.5 Å². The number of rotatable bonds is 3. The summed E-state index contributed by atoms with van der Waals surface area (Å²) < 4.78 is 10.2. The van der Waals surface area contributed by atoms with E-state index in [1.807, 2.05) is 45.0 Å². The van der Waals surface area contributed by atoms with Crippen LogP contribution in [0.5, 0.6) is 0 Å². The normalized spacial score (nSPS) is 21.0. The van der Waals surface area contributed by atoms with Gasteiger partial charge in [0.25, 0.3) is 0 Å². The van der Waals surface area contributed by atoms with Crippen molar-refractivity contribution in [2.75, 3.05) is 6.61 Å². The molecule has 4 nitrogen and oxygen atoms in total. The molecular weight excluding hydrogens is 244 g/mol. The molecule has 0 unspecified atom stereocenters. The molecule has 0 amide bonds. The quantitative estimate of drug-likeness (QED) is 0.782. The van der Waals surface area contributed by atoms with E-state index in [-0.39, 0.29) is 13.0 Å². The lowest BCUT2D eigenvalue weighted by Crippen LogP contribution is -2.35. The number of ether oxygens (including phenoxy) is 2. The van der Waals surface area contributed by atoms with Gasteiger partial charge in [-0.25, -0.2) is 4.79 Å². The molecule has 2 rings (SSSR count). The highest BCUT2D eigenvalue weighted by Crippen LogP contribution is 2.31. The van der Waals surface area contributed by atoms with Crippen molar-refractivity contribution in [3.8, 4) is 0 Å². The predicted molar refractivity (Wildman–Crippen MR) is 69.5 cm³/mol. The Kier molecular flexibility index (Phi) is 3.60. The van der Waals surface area contributed by atoms with Gasteiger partial charge in [-0.1, -0.05) is 43.7 Å². The van der Waals surface area contributed by atoms with E-state index >= 15 is 0 Å². The van der Waals surface area contributed by atoms with Crippen LogP contribution in [0.25, 0.3) is 0 Å². The second kappa shape index (κ2) is 5.03. The van der Waals surface area contributed by atoms with Gasteiger partial charge in [0.1, 0.15) is 6.61 Å². The van der Waals surface area contributed by atoms with E-state index < -0.39 is 23.5 Å². The van der Waals surface area contributed by atoms with Crippen molar-refractivity contribution in [2.45, 2.75) is 33.3 Å². The van der Waals surface area contributed by atoms with Gasteiger partial charge in [0.15, 0.2) is 0 Å². The lowest BCUT2D eigenvalue weighted by atomic mass is 9.90. The average molecular weight is 262 g/mol. The van der Waals surface area contributed by atoms with Gasteiger partial charge in [-0.3, -0.25) is 4.79 Å². The summed E-state index contributed by atoms with van der Waals surface area (Å²) in [5.41, 5.74) is 1.51. The van der Waals surface area contributed by atoms with Crippen molar-refractivity contribution in [1.82, 2.24) is 0 Å². The Morgan fingerprint density at radius 2 is 2.21 bits per heavy atom. The van der Waals surface area contributed by atoms with Crippen LogP contribution in [-0.4, -0.2) is 24.6 Å². The van der Waals surface area contributed by atoms with Crippen molar-refractivity contribution in [1.29, 1.82) is 0 Å². The molecule has 0 radical (unpaired) electrons. The number of aryl methyl sites for hydroxylation is 1. The maximum Gasteiger partial charge on any atom is 0.348 e. The van der Waals surface area contributed by atoms with E-state index in [1.54, 1.807) is 0 Å². The molecular formula is C15H18O4. The number of carbonyl (C=O) groups excluding carboxylic acids is 2. The molecule has 1 fully saturated rings. The van der Waals surface area contributed by atoms with Crippen LogP contribution in [0.2, 0.25) is 0 Å². The summed E-state index contributed by atoms with van der Waals surface area (Å²) in [7, 11) is 0. The molecule has 0 aliphatic carbocycles. The standard InChI is InChI=1S/C15H18O4/c1-10-5-4-6-11(7-10)8-12(16)19-13-14(17)18-9-15(13,2)3/h4-7,13H,8-9H2,1-3H3/t13-/m0/s1. The summed E-state index contributed by atoms with van der Waals surface area (Å²) in [6.07, 6.45) is -0.633. The van der Waals surface area contributed by atoms with E-state index in [1.165, 1.54) is 0 Å². The molecule has 0 spiro atoms. The Hall–Kier alpha value is -1.84. The molecule has 4 heteroatoms. The molecule has 0 aromatic heterocycles. The Morgan fingerprint density at radius 1 is 1.47 bits per heavy atom. The summed E-state index contributed by atoms with van der Waals surface area (Å²) in [6.45, 7) is 5.95. The summed E-state index contributed by atoms with van der Waals surface area (Å²) in [6, 6.07) is 7.66. The zero-order chi connectivity index (χ0) is 14.0. The maximum atomic E-state index is 11.9. The average Bonchev–Trinajstić information content (AvgIpc) is 2.56. The Balaban J connectivity index is 2.00. The molecule has 19 heavy (non-hydrogen) atoms. The molecule has 1 saturated heterocycles. The van der Waals surface area contributed by atoms with Gasteiger partial charge in [0.2, 0.25) is 6.10 Å². The molecule has 1 aliphatic heterocycles. The second-order valence-electron chi connectivity index (χ2n) is 5.63. The smallest absolute Gasteiger partial charge is 0.348 e. The largest absolute Gasteiger partial charge is 0.462 e. The minimum Gasteiger partial charge on any atom is -0.462 e. The fourth-order valence-corrected chi connectivity index (χ4v) is 2.10. The number of carbonyl (C=O) groups is 2. The molecule has 1 aliphatic rings. The van der Waals surface area contributed by atoms with Gasteiger partial charge in [0.05, 0.1) is 6.42 Å². The lowest BCUT2D eigenvalue weighted by molar-refractivity contribution is -0.162. The molecule has 0 bridgehead atoms. The van der Waals surface area contributed by atoms with Crippen LogP contribution < -0.4 is 0 Å². The highest BCUT2D eigenvalue weighted by atomic mass is 16.6. The van der Waals surface area contributed by atoms with E-state index in [2.05, 4.69) is 0 Å². The highest BCUT2D eigenvalue weighted by Gasteiger charge is 2.46. The number of hydrogen-bond acceptors (Lipinski definition) is 4. The zero-order valence-electron chi connectivity index (χ0n) is 11.4.